The molecular formula is C11H21NO4S. The Bertz CT molecular complexity index is 361. The van der Waals surface area contributed by atoms with Crippen molar-refractivity contribution in [1.29, 1.82) is 0 Å². The predicted octanol–water partition coefficient (Wildman–Crippen LogP) is 0.608. The van der Waals surface area contributed by atoms with Crippen molar-refractivity contribution in [1.82, 2.24) is 4.90 Å². The zero-order valence-corrected chi connectivity index (χ0v) is 11.3. The molecule has 0 amide bonds. The summed E-state index contributed by atoms with van der Waals surface area (Å²) in [5.41, 5.74) is -0.693. The van der Waals surface area contributed by atoms with Crippen molar-refractivity contribution in [2.24, 2.45) is 5.41 Å². The molecule has 0 bridgehead atoms. The third-order valence-electron chi connectivity index (χ3n) is 3.29. The second-order valence-corrected chi connectivity index (χ2v) is 7.59. The van der Waals surface area contributed by atoms with E-state index in [1.807, 2.05) is 0 Å². The van der Waals surface area contributed by atoms with E-state index in [1.54, 1.807) is 13.8 Å². The minimum absolute atomic E-state index is 0.231. The summed E-state index contributed by atoms with van der Waals surface area (Å²) in [5.74, 6) is -0.316. The Balaban J connectivity index is 2.27. The van der Waals surface area contributed by atoms with Gasteiger partial charge in [0.1, 0.15) is 0 Å². The van der Waals surface area contributed by atoms with E-state index in [-0.39, 0.29) is 11.5 Å². The Labute approximate surface area is 103 Å². The molecule has 1 saturated heterocycles. The molecule has 1 heterocycles. The van der Waals surface area contributed by atoms with Crippen LogP contribution in [-0.2, 0) is 14.6 Å². The van der Waals surface area contributed by atoms with Gasteiger partial charge in [-0.25, -0.2) is 8.42 Å². The van der Waals surface area contributed by atoms with E-state index in [2.05, 4.69) is 4.90 Å². The largest absolute Gasteiger partial charge is 0.481 e. The third-order valence-corrected chi connectivity index (χ3v) is 4.90. The summed E-state index contributed by atoms with van der Waals surface area (Å²) >= 11 is 0. The summed E-state index contributed by atoms with van der Waals surface area (Å²) in [7, 11) is -2.82. The number of hydrogen-bond acceptors (Lipinski definition) is 4. The average Bonchev–Trinajstić information content (AvgIpc) is 2.20. The van der Waals surface area contributed by atoms with E-state index in [0.29, 0.717) is 19.5 Å². The van der Waals surface area contributed by atoms with Crippen LogP contribution in [0, 0.1) is 5.41 Å². The van der Waals surface area contributed by atoms with Gasteiger partial charge in [0.25, 0.3) is 0 Å². The van der Waals surface area contributed by atoms with Gasteiger partial charge in [0.05, 0.1) is 16.9 Å². The first-order chi connectivity index (χ1) is 7.73. The molecule has 1 rings (SSSR count). The van der Waals surface area contributed by atoms with Crippen molar-refractivity contribution in [3.05, 3.63) is 0 Å². The number of sulfone groups is 1. The number of hydrogen-bond donors (Lipinski definition) is 1. The van der Waals surface area contributed by atoms with Gasteiger partial charge in [0.2, 0.25) is 0 Å². The molecule has 0 aromatic heterocycles. The van der Waals surface area contributed by atoms with E-state index >= 15 is 0 Å². The molecule has 0 aliphatic carbocycles. The summed E-state index contributed by atoms with van der Waals surface area (Å²) < 4.78 is 22.4. The van der Waals surface area contributed by atoms with Crippen LogP contribution in [0.25, 0.3) is 0 Å². The lowest BCUT2D eigenvalue weighted by molar-refractivity contribution is -0.147. The molecule has 0 atom stereocenters. The van der Waals surface area contributed by atoms with Crippen LogP contribution in [0.3, 0.4) is 0 Å². The van der Waals surface area contributed by atoms with Gasteiger partial charge in [-0.05, 0) is 33.2 Å². The summed E-state index contributed by atoms with van der Waals surface area (Å²) in [4.78, 5) is 13.0. The van der Waals surface area contributed by atoms with E-state index in [9.17, 15) is 13.2 Å². The van der Waals surface area contributed by atoms with E-state index < -0.39 is 21.2 Å². The van der Waals surface area contributed by atoms with Crippen LogP contribution in [0.15, 0.2) is 0 Å². The van der Waals surface area contributed by atoms with Crippen molar-refractivity contribution in [3.8, 4) is 0 Å². The van der Waals surface area contributed by atoms with Crippen molar-refractivity contribution in [3.63, 3.8) is 0 Å². The average molecular weight is 263 g/mol. The molecule has 1 N–H and O–H groups in total. The van der Waals surface area contributed by atoms with E-state index in [4.69, 9.17) is 5.11 Å². The summed E-state index contributed by atoms with van der Waals surface area (Å²) in [5, 5.41) is 8.95. The van der Waals surface area contributed by atoms with Crippen LogP contribution in [-0.4, -0.2) is 55.5 Å². The van der Waals surface area contributed by atoms with Crippen LogP contribution < -0.4 is 0 Å². The Morgan fingerprint density at radius 2 is 1.82 bits per heavy atom. The van der Waals surface area contributed by atoms with E-state index in [0.717, 1.165) is 13.0 Å². The molecule has 1 aliphatic heterocycles. The lowest BCUT2D eigenvalue weighted by Crippen LogP contribution is -2.41. The molecule has 0 aromatic carbocycles. The number of aliphatic carboxylic acids is 1. The Morgan fingerprint density at radius 1 is 1.29 bits per heavy atom. The minimum Gasteiger partial charge on any atom is -0.481 e. The zero-order valence-electron chi connectivity index (χ0n) is 10.5. The lowest BCUT2D eigenvalue weighted by atomic mass is 9.88. The second kappa shape index (κ2) is 5.35. The maximum absolute atomic E-state index is 11.2. The number of carboxylic acid groups (broad SMARTS) is 1. The third kappa shape index (κ3) is 4.63. The molecule has 17 heavy (non-hydrogen) atoms. The maximum atomic E-state index is 11.2. The number of carboxylic acids is 1. The lowest BCUT2D eigenvalue weighted by Gasteiger charge is -2.27. The Morgan fingerprint density at radius 3 is 2.29 bits per heavy atom. The molecule has 5 nitrogen and oxygen atoms in total. The quantitative estimate of drug-likeness (QED) is 0.786. The highest BCUT2D eigenvalue weighted by Crippen LogP contribution is 2.22. The Hall–Kier alpha value is -0.620. The standard InChI is InChI=1S/C11H21NO4S/c1-11(2,10(13)14)4-3-5-12-6-8-17(15,16)9-7-12/h3-9H2,1-2H3,(H,13,14). The van der Waals surface area contributed by atoms with Crippen LogP contribution in [0.4, 0.5) is 0 Å². The fourth-order valence-electron chi connectivity index (χ4n) is 1.83. The van der Waals surface area contributed by atoms with Gasteiger partial charge in [0.15, 0.2) is 9.84 Å². The van der Waals surface area contributed by atoms with Gasteiger partial charge in [0, 0.05) is 13.1 Å². The minimum atomic E-state index is -2.82. The van der Waals surface area contributed by atoms with Crippen molar-refractivity contribution >= 4 is 15.8 Å². The van der Waals surface area contributed by atoms with Crippen molar-refractivity contribution in [2.45, 2.75) is 26.7 Å². The number of carbonyl (C=O) groups is 1. The molecule has 100 valence electrons. The molecule has 6 heteroatoms. The molecule has 0 aromatic rings. The van der Waals surface area contributed by atoms with Gasteiger partial charge in [-0.3, -0.25) is 4.79 Å². The van der Waals surface area contributed by atoms with Crippen LogP contribution in [0.2, 0.25) is 0 Å². The molecule has 1 fully saturated rings. The van der Waals surface area contributed by atoms with Crippen LogP contribution >= 0.6 is 0 Å². The molecule has 0 spiro atoms. The highest BCUT2D eigenvalue weighted by atomic mass is 32.2. The van der Waals surface area contributed by atoms with Crippen LogP contribution in [0.1, 0.15) is 26.7 Å². The predicted molar refractivity (Wildman–Crippen MR) is 65.7 cm³/mol. The van der Waals surface area contributed by atoms with Crippen LogP contribution in [0.5, 0.6) is 0 Å². The smallest absolute Gasteiger partial charge is 0.309 e. The number of rotatable bonds is 5. The van der Waals surface area contributed by atoms with E-state index in [1.165, 1.54) is 0 Å². The van der Waals surface area contributed by atoms with Gasteiger partial charge >= 0.3 is 5.97 Å². The molecular weight excluding hydrogens is 242 g/mol. The Kier molecular flexibility index (Phi) is 4.55. The highest BCUT2D eigenvalue weighted by molar-refractivity contribution is 7.91. The summed E-state index contributed by atoms with van der Waals surface area (Å²) in [6.45, 7) is 5.38. The van der Waals surface area contributed by atoms with Crippen molar-refractivity contribution in [2.75, 3.05) is 31.1 Å². The molecule has 0 unspecified atom stereocenters. The van der Waals surface area contributed by atoms with Gasteiger partial charge < -0.3 is 10.0 Å². The second-order valence-electron chi connectivity index (χ2n) is 5.29. The molecule has 0 saturated carbocycles. The summed E-state index contributed by atoms with van der Waals surface area (Å²) in [6, 6.07) is 0. The van der Waals surface area contributed by atoms with Gasteiger partial charge in [-0.2, -0.15) is 0 Å². The van der Waals surface area contributed by atoms with Crippen molar-refractivity contribution < 1.29 is 18.3 Å². The highest BCUT2D eigenvalue weighted by Gasteiger charge is 2.27. The van der Waals surface area contributed by atoms with Gasteiger partial charge in [-0.1, -0.05) is 0 Å². The van der Waals surface area contributed by atoms with Gasteiger partial charge in [-0.15, -0.1) is 0 Å². The normalized spacial score (nSPS) is 21.3. The SMILES string of the molecule is CC(C)(CCCN1CCS(=O)(=O)CC1)C(=O)O. The first kappa shape index (κ1) is 14.4. The first-order valence-electron chi connectivity index (χ1n) is 5.89. The molecule has 1 aliphatic rings. The topological polar surface area (TPSA) is 74.7 Å². The maximum Gasteiger partial charge on any atom is 0.309 e. The fourth-order valence-corrected chi connectivity index (χ4v) is 3.10. The number of nitrogens with zero attached hydrogens (tertiary/aromatic N) is 1. The zero-order chi connectivity index (χ0) is 13.1. The first-order valence-corrected chi connectivity index (χ1v) is 7.71. The monoisotopic (exact) mass is 263 g/mol. The molecule has 0 radical (unpaired) electrons. The fraction of sp³-hybridized carbons (Fsp3) is 0.909. The summed E-state index contributed by atoms with van der Waals surface area (Å²) in [6.07, 6.45) is 1.41.